The fourth-order valence-corrected chi connectivity index (χ4v) is 4.65. The van der Waals surface area contributed by atoms with E-state index in [0.29, 0.717) is 11.3 Å². The maximum Gasteiger partial charge on any atom is 0.305 e. The molecule has 0 aliphatic carbocycles. The maximum absolute atomic E-state index is 12.4. The summed E-state index contributed by atoms with van der Waals surface area (Å²) in [5.41, 5.74) is 0.274. The van der Waals surface area contributed by atoms with Gasteiger partial charge in [-0.05, 0) is 20.8 Å². The molecule has 1 rings (SSSR count). The lowest BCUT2D eigenvalue weighted by atomic mass is 10.3. The van der Waals surface area contributed by atoms with Crippen molar-refractivity contribution >= 4 is 27.3 Å². The van der Waals surface area contributed by atoms with E-state index in [1.807, 2.05) is 0 Å². The Morgan fingerprint density at radius 2 is 2.05 bits per heavy atom. The molecule has 0 atom stereocenters. The highest BCUT2D eigenvalue weighted by Gasteiger charge is 2.30. The zero-order chi connectivity index (χ0) is 14.8. The molecule has 7 nitrogen and oxygen atoms in total. The lowest BCUT2D eigenvalue weighted by Gasteiger charge is -2.24. The molecule has 0 fully saturated rings. The summed E-state index contributed by atoms with van der Waals surface area (Å²) in [6.45, 7) is 4.69. The molecule has 0 saturated heterocycles. The van der Waals surface area contributed by atoms with E-state index in [4.69, 9.17) is 5.11 Å². The van der Waals surface area contributed by atoms with E-state index in [0.717, 1.165) is 4.31 Å². The van der Waals surface area contributed by atoms with E-state index < -0.39 is 20.9 Å². The van der Waals surface area contributed by atoms with Crippen molar-refractivity contribution in [1.29, 1.82) is 0 Å². The van der Waals surface area contributed by atoms with Crippen molar-refractivity contribution in [2.45, 2.75) is 37.4 Å². The van der Waals surface area contributed by atoms with Crippen molar-refractivity contribution < 1.29 is 18.3 Å². The summed E-state index contributed by atoms with van der Waals surface area (Å²) >= 11 is 0.613. The van der Waals surface area contributed by atoms with Crippen LogP contribution >= 0.6 is 11.3 Å². The molecule has 9 heteroatoms. The van der Waals surface area contributed by atoms with Crippen molar-refractivity contribution in [2.75, 3.05) is 6.54 Å². The fourth-order valence-electron chi connectivity index (χ4n) is 1.60. The molecule has 0 amide bonds. The minimum Gasteiger partial charge on any atom is -0.481 e. The van der Waals surface area contributed by atoms with Crippen molar-refractivity contribution in [3.63, 3.8) is 0 Å². The summed E-state index contributed by atoms with van der Waals surface area (Å²) < 4.78 is 25.8. The van der Waals surface area contributed by atoms with Gasteiger partial charge in [0.1, 0.15) is 0 Å². The van der Waals surface area contributed by atoms with Crippen molar-refractivity contribution in [3.05, 3.63) is 15.4 Å². The van der Waals surface area contributed by atoms with Gasteiger partial charge in [-0.1, -0.05) is 11.3 Å². The average Bonchev–Trinajstić information content (AvgIpc) is 2.57. The Balaban J connectivity index is 3.17. The van der Waals surface area contributed by atoms with Crippen LogP contribution < -0.4 is 4.87 Å². The third-order valence-corrected chi connectivity index (χ3v) is 6.10. The lowest BCUT2D eigenvalue weighted by Crippen LogP contribution is -2.38. The first kappa shape index (κ1) is 15.9. The molecule has 108 valence electrons. The van der Waals surface area contributed by atoms with E-state index in [2.05, 4.69) is 4.98 Å². The Hall–Kier alpha value is -1.19. The van der Waals surface area contributed by atoms with Crippen molar-refractivity contribution in [3.8, 4) is 0 Å². The van der Waals surface area contributed by atoms with Gasteiger partial charge in [0.05, 0.1) is 6.42 Å². The van der Waals surface area contributed by atoms with Crippen molar-refractivity contribution in [1.82, 2.24) is 9.29 Å². The SMILES string of the molecule is Cc1[nH]c(=O)sc1S(=O)(=O)N(CCC(=O)O)C(C)C. The van der Waals surface area contributed by atoms with Crippen LogP contribution in [0.1, 0.15) is 26.0 Å². The normalized spacial score (nSPS) is 12.3. The van der Waals surface area contributed by atoms with Crippen molar-refractivity contribution in [2.24, 2.45) is 0 Å². The molecular weight excluding hydrogens is 292 g/mol. The predicted molar refractivity (Wildman–Crippen MR) is 71.0 cm³/mol. The summed E-state index contributed by atoms with van der Waals surface area (Å²) in [6, 6.07) is -0.388. The number of rotatable bonds is 6. The highest BCUT2D eigenvalue weighted by Crippen LogP contribution is 2.23. The molecule has 0 aromatic carbocycles. The van der Waals surface area contributed by atoms with Crippen LogP contribution in [0, 0.1) is 6.92 Å². The van der Waals surface area contributed by atoms with Gasteiger partial charge in [0.2, 0.25) is 0 Å². The molecular formula is C10H16N2O5S2. The van der Waals surface area contributed by atoms with Crippen LogP contribution in [-0.2, 0) is 14.8 Å². The van der Waals surface area contributed by atoms with E-state index >= 15 is 0 Å². The van der Waals surface area contributed by atoms with Gasteiger partial charge in [-0.3, -0.25) is 9.59 Å². The number of nitrogens with zero attached hydrogens (tertiary/aromatic N) is 1. The topological polar surface area (TPSA) is 108 Å². The van der Waals surface area contributed by atoms with E-state index in [-0.39, 0.29) is 28.9 Å². The van der Waals surface area contributed by atoms with Crippen LogP contribution in [0.4, 0.5) is 0 Å². The zero-order valence-corrected chi connectivity index (χ0v) is 12.5. The number of aromatic amines is 1. The highest BCUT2D eigenvalue weighted by atomic mass is 32.2. The third-order valence-electron chi connectivity index (χ3n) is 2.45. The van der Waals surface area contributed by atoms with Crippen LogP contribution in [-0.4, -0.2) is 41.4 Å². The number of carboxylic acids is 1. The van der Waals surface area contributed by atoms with Crippen LogP contribution in [0.2, 0.25) is 0 Å². The summed E-state index contributed by atoms with van der Waals surface area (Å²) in [5.74, 6) is -1.07. The number of aryl methyl sites for hydroxylation is 1. The summed E-state index contributed by atoms with van der Waals surface area (Å²) in [6.07, 6.45) is -0.282. The van der Waals surface area contributed by atoms with Crippen LogP contribution in [0.15, 0.2) is 9.00 Å². The third kappa shape index (κ3) is 3.64. The number of hydrogen-bond donors (Lipinski definition) is 2. The quantitative estimate of drug-likeness (QED) is 0.801. The molecule has 2 N–H and O–H groups in total. The number of aromatic nitrogens is 1. The number of H-pyrrole nitrogens is 1. The second-order valence-corrected chi connectivity index (χ2v) is 7.35. The van der Waals surface area contributed by atoms with Gasteiger partial charge in [-0.15, -0.1) is 0 Å². The van der Waals surface area contributed by atoms with Crippen LogP contribution in [0.25, 0.3) is 0 Å². The Kier molecular flexibility index (Phi) is 4.88. The second kappa shape index (κ2) is 5.85. The summed E-state index contributed by atoms with van der Waals surface area (Å²) in [7, 11) is -3.85. The summed E-state index contributed by atoms with van der Waals surface area (Å²) in [5, 5.41) is 8.66. The predicted octanol–water partition coefficient (Wildman–Crippen LogP) is 0.619. The fraction of sp³-hybridized carbons (Fsp3) is 0.600. The van der Waals surface area contributed by atoms with Crippen LogP contribution in [0.3, 0.4) is 0 Å². The molecule has 0 bridgehead atoms. The molecule has 0 aliphatic heterocycles. The lowest BCUT2D eigenvalue weighted by molar-refractivity contribution is -0.137. The minimum atomic E-state index is -3.85. The summed E-state index contributed by atoms with van der Waals surface area (Å²) in [4.78, 5) is 23.8. The highest BCUT2D eigenvalue weighted by molar-refractivity contribution is 7.91. The van der Waals surface area contributed by atoms with Gasteiger partial charge in [-0.2, -0.15) is 4.31 Å². The molecule has 1 aromatic rings. The van der Waals surface area contributed by atoms with Gasteiger partial charge in [0, 0.05) is 18.3 Å². The first-order chi connectivity index (χ1) is 8.66. The number of hydrogen-bond acceptors (Lipinski definition) is 5. The first-order valence-electron chi connectivity index (χ1n) is 5.59. The Bertz CT molecular complexity index is 614. The molecule has 0 radical (unpaired) electrons. The molecule has 0 aliphatic rings. The molecule has 1 heterocycles. The smallest absolute Gasteiger partial charge is 0.305 e. The molecule has 0 spiro atoms. The van der Waals surface area contributed by atoms with Gasteiger partial charge >= 0.3 is 10.8 Å². The number of nitrogens with one attached hydrogen (secondary N) is 1. The van der Waals surface area contributed by atoms with Gasteiger partial charge < -0.3 is 10.1 Å². The Labute approximate surface area is 114 Å². The Morgan fingerprint density at radius 1 is 1.47 bits per heavy atom. The molecule has 19 heavy (non-hydrogen) atoms. The van der Waals surface area contributed by atoms with Gasteiger partial charge in [-0.25, -0.2) is 8.42 Å². The molecule has 1 aromatic heterocycles. The maximum atomic E-state index is 12.4. The number of thiazole rings is 1. The van der Waals surface area contributed by atoms with E-state index in [9.17, 15) is 18.0 Å². The van der Waals surface area contributed by atoms with Gasteiger partial charge in [0.25, 0.3) is 10.0 Å². The monoisotopic (exact) mass is 308 g/mol. The average molecular weight is 308 g/mol. The number of sulfonamides is 1. The second-order valence-electron chi connectivity index (χ2n) is 4.28. The first-order valence-corrected chi connectivity index (χ1v) is 7.85. The standard InChI is InChI=1S/C10H16N2O5S2/c1-6(2)12(5-4-8(13)14)19(16,17)9-7(3)11-10(15)18-9/h6H,4-5H2,1-3H3,(H,11,15)(H,13,14). The van der Waals surface area contributed by atoms with E-state index in [1.165, 1.54) is 6.92 Å². The zero-order valence-electron chi connectivity index (χ0n) is 10.8. The van der Waals surface area contributed by atoms with E-state index in [1.54, 1.807) is 13.8 Å². The Morgan fingerprint density at radius 3 is 2.42 bits per heavy atom. The minimum absolute atomic E-state index is 0.0587. The number of aliphatic carboxylic acids is 1. The largest absolute Gasteiger partial charge is 0.481 e. The number of carbonyl (C=O) groups is 1. The van der Waals surface area contributed by atoms with Gasteiger partial charge in [0.15, 0.2) is 4.21 Å². The van der Waals surface area contributed by atoms with Crippen LogP contribution in [0.5, 0.6) is 0 Å². The molecule has 0 unspecified atom stereocenters. The molecule has 0 saturated carbocycles. The number of carboxylic acid groups (broad SMARTS) is 1.